The maximum atomic E-state index is 5.98. The summed E-state index contributed by atoms with van der Waals surface area (Å²) in [4.78, 5) is 0. The number of hydrogen-bond donors (Lipinski definition) is 1. The van der Waals surface area contributed by atoms with Crippen LogP contribution < -0.4 is 5.73 Å². The van der Waals surface area contributed by atoms with Crippen LogP contribution in [0.4, 0.5) is 5.69 Å². The first-order valence-electron chi connectivity index (χ1n) is 5.98. The van der Waals surface area contributed by atoms with Gasteiger partial charge in [0.15, 0.2) is 5.82 Å². The molecule has 5 nitrogen and oxygen atoms in total. The third kappa shape index (κ3) is 1.84. The first-order valence-corrected chi connectivity index (χ1v) is 6.36. The van der Waals surface area contributed by atoms with Gasteiger partial charge in [-0.1, -0.05) is 18.5 Å². The van der Waals surface area contributed by atoms with Crippen molar-refractivity contribution in [3.8, 4) is 11.4 Å². The number of nitrogen functional groups attached to an aromatic ring is 1. The Morgan fingerprint density at radius 3 is 2.83 bits per heavy atom. The molecule has 2 N–H and O–H groups in total. The molecule has 1 aliphatic carbocycles. The van der Waals surface area contributed by atoms with Crippen LogP contribution in [0.25, 0.3) is 11.4 Å². The lowest BCUT2D eigenvalue weighted by Crippen LogP contribution is -2.26. The Labute approximate surface area is 110 Å². The minimum atomic E-state index is 0.389. The molecule has 3 rings (SSSR count). The standard InChI is InChI=1S/C12H14ClN5/c1-7-4-9(5-7)18-12(15-16-17-18)10-3-2-8(13)6-11(10)14/h2-3,6-7,9H,4-5,14H2,1H3. The van der Waals surface area contributed by atoms with E-state index in [1.807, 2.05) is 10.7 Å². The van der Waals surface area contributed by atoms with Gasteiger partial charge in [-0.3, -0.25) is 0 Å². The Morgan fingerprint density at radius 2 is 2.17 bits per heavy atom. The van der Waals surface area contributed by atoms with Crippen molar-refractivity contribution in [3.63, 3.8) is 0 Å². The van der Waals surface area contributed by atoms with Crippen LogP contribution in [-0.4, -0.2) is 20.2 Å². The number of tetrazole rings is 1. The van der Waals surface area contributed by atoms with E-state index < -0.39 is 0 Å². The fourth-order valence-electron chi connectivity index (χ4n) is 2.41. The number of halogens is 1. The van der Waals surface area contributed by atoms with E-state index in [2.05, 4.69) is 22.4 Å². The molecular weight excluding hydrogens is 250 g/mol. The Kier molecular flexibility index (Phi) is 2.70. The van der Waals surface area contributed by atoms with Crippen molar-refractivity contribution < 1.29 is 0 Å². The zero-order chi connectivity index (χ0) is 12.7. The summed E-state index contributed by atoms with van der Waals surface area (Å²) in [6.45, 7) is 2.23. The van der Waals surface area contributed by atoms with Gasteiger partial charge in [-0.15, -0.1) is 5.10 Å². The molecule has 0 bridgehead atoms. The molecule has 0 spiro atoms. The number of anilines is 1. The fourth-order valence-corrected chi connectivity index (χ4v) is 2.59. The lowest BCUT2D eigenvalue weighted by molar-refractivity contribution is 0.199. The van der Waals surface area contributed by atoms with Crippen molar-refractivity contribution in [2.75, 3.05) is 5.73 Å². The van der Waals surface area contributed by atoms with Gasteiger partial charge in [-0.2, -0.15) is 0 Å². The van der Waals surface area contributed by atoms with E-state index in [1.54, 1.807) is 12.1 Å². The first kappa shape index (κ1) is 11.5. The summed E-state index contributed by atoms with van der Waals surface area (Å²) in [7, 11) is 0. The third-order valence-corrected chi connectivity index (χ3v) is 3.68. The maximum Gasteiger partial charge on any atom is 0.184 e. The highest BCUT2D eigenvalue weighted by Crippen LogP contribution is 2.39. The van der Waals surface area contributed by atoms with Gasteiger partial charge < -0.3 is 5.73 Å². The van der Waals surface area contributed by atoms with Gasteiger partial charge in [0, 0.05) is 16.3 Å². The SMILES string of the molecule is CC1CC(n2nnnc2-c2ccc(Cl)cc2N)C1. The van der Waals surface area contributed by atoms with Gasteiger partial charge in [0.2, 0.25) is 0 Å². The summed E-state index contributed by atoms with van der Waals surface area (Å²) in [5, 5.41) is 12.5. The van der Waals surface area contributed by atoms with Crippen molar-refractivity contribution in [3.05, 3.63) is 23.2 Å². The number of benzene rings is 1. The van der Waals surface area contributed by atoms with E-state index in [-0.39, 0.29) is 0 Å². The normalized spacial score (nSPS) is 22.8. The summed E-state index contributed by atoms with van der Waals surface area (Å²) in [5.41, 5.74) is 7.41. The van der Waals surface area contributed by atoms with E-state index in [0.29, 0.717) is 16.8 Å². The summed E-state index contributed by atoms with van der Waals surface area (Å²) in [5.74, 6) is 1.47. The molecule has 0 amide bonds. The van der Waals surface area contributed by atoms with Crippen LogP contribution in [0.3, 0.4) is 0 Å². The second kappa shape index (κ2) is 4.24. The monoisotopic (exact) mass is 263 g/mol. The minimum Gasteiger partial charge on any atom is -0.398 e. The second-order valence-electron chi connectivity index (χ2n) is 4.91. The molecule has 6 heteroatoms. The van der Waals surface area contributed by atoms with Crippen LogP contribution in [-0.2, 0) is 0 Å². The predicted molar refractivity (Wildman–Crippen MR) is 70.1 cm³/mol. The van der Waals surface area contributed by atoms with Crippen LogP contribution in [0.2, 0.25) is 5.02 Å². The van der Waals surface area contributed by atoms with E-state index in [1.165, 1.54) is 0 Å². The summed E-state index contributed by atoms with van der Waals surface area (Å²) >= 11 is 5.90. The van der Waals surface area contributed by atoms with Crippen molar-refractivity contribution in [1.29, 1.82) is 0 Å². The molecule has 0 atom stereocenters. The smallest absolute Gasteiger partial charge is 0.184 e. The van der Waals surface area contributed by atoms with Crippen molar-refractivity contribution in [2.45, 2.75) is 25.8 Å². The maximum absolute atomic E-state index is 5.98. The Balaban J connectivity index is 1.99. The molecule has 18 heavy (non-hydrogen) atoms. The molecule has 0 aliphatic heterocycles. The van der Waals surface area contributed by atoms with Gasteiger partial charge in [-0.25, -0.2) is 4.68 Å². The van der Waals surface area contributed by atoms with Crippen LogP contribution in [0, 0.1) is 5.92 Å². The number of hydrogen-bond acceptors (Lipinski definition) is 4. The summed E-state index contributed by atoms with van der Waals surface area (Å²) in [6.07, 6.45) is 2.23. The topological polar surface area (TPSA) is 69.6 Å². The summed E-state index contributed by atoms with van der Waals surface area (Å²) in [6, 6.07) is 5.77. The van der Waals surface area contributed by atoms with E-state index in [0.717, 1.165) is 30.1 Å². The molecule has 1 heterocycles. The summed E-state index contributed by atoms with van der Waals surface area (Å²) < 4.78 is 1.87. The molecule has 0 radical (unpaired) electrons. The van der Waals surface area contributed by atoms with Crippen LogP contribution in [0.1, 0.15) is 25.8 Å². The van der Waals surface area contributed by atoms with Gasteiger partial charge in [0.1, 0.15) is 0 Å². The first-order chi connectivity index (χ1) is 8.65. The molecule has 0 saturated heterocycles. The quantitative estimate of drug-likeness (QED) is 0.846. The number of nitrogens with zero attached hydrogens (tertiary/aromatic N) is 4. The molecule has 2 aromatic rings. The lowest BCUT2D eigenvalue weighted by atomic mass is 9.82. The van der Waals surface area contributed by atoms with Crippen molar-refractivity contribution >= 4 is 17.3 Å². The van der Waals surface area contributed by atoms with Crippen LogP contribution >= 0.6 is 11.6 Å². The van der Waals surface area contributed by atoms with Crippen LogP contribution in [0.5, 0.6) is 0 Å². The van der Waals surface area contributed by atoms with Crippen LogP contribution in [0.15, 0.2) is 18.2 Å². The average Bonchev–Trinajstić information content (AvgIpc) is 2.73. The number of rotatable bonds is 2. The zero-order valence-corrected chi connectivity index (χ0v) is 10.8. The van der Waals surface area contributed by atoms with Gasteiger partial charge in [0.05, 0.1) is 6.04 Å². The lowest BCUT2D eigenvalue weighted by Gasteiger charge is -2.32. The molecule has 1 fully saturated rings. The number of nitrogens with two attached hydrogens (primary N) is 1. The Hall–Kier alpha value is -1.62. The number of aromatic nitrogens is 4. The van der Waals surface area contributed by atoms with Crippen molar-refractivity contribution in [2.24, 2.45) is 5.92 Å². The third-order valence-electron chi connectivity index (χ3n) is 3.44. The molecule has 1 aromatic carbocycles. The van der Waals surface area contributed by atoms with E-state index >= 15 is 0 Å². The molecule has 1 aromatic heterocycles. The fraction of sp³-hybridized carbons (Fsp3) is 0.417. The Bertz CT molecular complexity index is 574. The largest absolute Gasteiger partial charge is 0.398 e. The van der Waals surface area contributed by atoms with E-state index in [9.17, 15) is 0 Å². The van der Waals surface area contributed by atoms with Crippen molar-refractivity contribution in [1.82, 2.24) is 20.2 Å². The molecule has 0 unspecified atom stereocenters. The Morgan fingerprint density at radius 1 is 1.39 bits per heavy atom. The highest BCUT2D eigenvalue weighted by atomic mass is 35.5. The highest BCUT2D eigenvalue weighted by molar-refractivity contribution is 6.31. The molecule has 94 valence electrons. The van der Waals surface area contributed by atoms with E-state index in [4.69, 9.17) is 17.3 Å². The van der Waals surface area contributed by atoms with Gasteiger partial charge in [0.25, 0.3) is 0 Å². The average molecular weight is 264 g/mol. The minimum absolute atomic E-state index is 0.389. The zero-order valence-electron chi connectivity index (χ0n) is 10.0. The molecule has 1 aliphatic rings. The highest BCUT2D eigenvalue weighted by Gasteiger charge is 2.30. The predicted octanol–water partition coefficient (Wildman–Crippen LogP) is 2.55. The molecular formula is C12H14ClN5. The molecule has 1 saturated carbocycles. The van der Waals surface area contributed by atoms with Gasteiger partial charge in [-0.05, 0) is 47.4 Å². The second-order valence-corrected chi connectivity index (χ2v) is 5.35. The van der Waals surface area contributed by atoms with Gasteiger partial charge >= 0.3 is 0 Å².